The van der Waals surface area contributed by atoms with Crippen molar-refractivity contribution >= 4 is 5.65 Å². The van der Waals surface area contributed by atoms with Crippen LogP contribution in [-0.4, -0.2) is 42.8 Å². The molecular weight excluding hydrogens is 284 g/mol. The van der Waals surface area contributed by atoms with Gasteiger partial charge in [0.25, 0.3) is 5.56 Å². The molecule has 0 aromatic carbocycles. The Labute approximate surface area is 125 Å². The monoisotopic (exact) mass is 300 g/mol. The van der Waals surface area contributed by atoms with Gasteiger partial charge in [0.2, 0.25) is 12.3 Å². The van der Waals surface area contributed by atoms with Crippen molar-refractivity contribution in [3.63, 3.8) is 0 Å². The SMILES string of the molecule is O=c1cc(CN2CCCC(c3nnco3)C2)nc2cc[nH]n12. The van der Waals surface area contributed by atoms with E-state index in [2.05, 4.69) is 25.2 Å². The van der Waals surface area contributed by atoms with Crippen LogP contribution >= 0.6 is 0 Å². The van der Waals surface area contributed by atoms with E-state index < -0.39 is 0 Å². The summed E-state index contributed by atoms with van der Waals surface area (Å²) < 4.78 is 6.75. The first kappa shape index (κ1) is 13.2. The molecular formula is C14H16N6O2. The molecule has 3 aromatic heterocycles. The van der Waals surface area contributed by atoms with Crippen LogP contribution in [0.2, 0.25) is 0 Å². The topological polar surface area (TPSA) is 92.3 Å². The average Bonchev–Trinajstić information content (AvgIpc) is 3.19. The Morgan fingerprint density at radius 3 is 3.27 bits per heavy atom. The maximum Gasteiger partial charge on any atom is 0.272 e. The molecule has 1 N–H and O–H groups in total. The lowest BCUT2D eigenvalue weighted by atomic mass is 9.98. The van der Waals surface area contributed by atoms with Gasteiger partial charge in [-0.25, -0.2) is 9.50 Å². The van der Waals surface area contributed by atoms with Gasteiger partial charge in [-0.3, -0.25) is 14.8 Å². The van der Waals surface area contributed by atoms with Crippen LogP contribution in [0.5, 0.6) is 0 Å². The second-order valence-electron chi connectivity index (χ2n) is 5.59. The van der Waals surface area contributed by atoms with E-state index in [4.69, 9.17) is 4.42 Å². The third kappa shape index (κ3) is 2.41. The molecule has 1 saturated heterocycles. The molecule has 0 radical (unpaired) electrons. The normalized spacial score (nSPS) is 19.7. The van der Waals surface area contributed by atoms with Crippen molar-refractivity contribution in [3.8, 4) is 0 Å². The molecule has 0 aliphatic carbocycles. The van der Waals surface area contributed by atoms with Gasteiger partial charge in [-0.05, 0) is 19.4 Å². The van der Waals surface area contributed by atoms with Gasteiger partial charge in [0.15, 0.2) is 5.65 Å². The maximum absolute atomic E-state index is 12.0. The van der Waals surface area contributed by atoms with Crippen molar-refractivity contribution < 1.29 is 4.42 Å². The van der Waals surface area contributed by atoms with Crippen LogP contribution in [0, 0.1) is 0 Å². The zero-order valence-electron chi connectivity index (χ0n) is 12.0. The number of hydrogen-bond acceptors (Lipinski definition) is 6. The molecule has 8 heteroatoms. The third-order valence-corrected chi connectivity index (χ3v) is 4.05. The first-order valence-corrected chi connectivity index (χ1v) is 7.34. The minimum atomic E-state index is -0.0875. The van der Waals surface area contributed by atoms with Gasteiger partial charge in [-0.1, -0.05) is 0 Å². The standard InChI is InChI=1S/C14H16N6O2/c21-13-6-11(17-12-3-4-16-20(12)13)8-19-5-1-2-10(7-19)14-18-15-9-22-14/h3-4,6,9-10,16H,1-2,5,7-8H2. The largest absolute Gasteiger partial charge is 0.428 e. The average molecular weight is 300 g/mol. The summed E-state index contributed by atoms with van der Waals surface area (Å²) in [5.41, 5.74) is 1.35. The Morgan fingerprint density at radius 1 is 1.45 bits per heavy atom. The lowest BCUT2D eigenvalue weighted by molar-refractivity contribution is 0.184. The van der Waals surface area contributed by atoms with E-state index in [1.807, 2.05) is 0 Å². The highest BCUT2D eigenvalue weighted by Gasteiger charge is 2.25. The van der Waals surface area contributed by atoms with Crippen molar-refractivity contribution in [3.05, 3.63) is 46.7 Å². The lowest BCUT2D eigenvalue weighted by Crippen LogP contribution is -2.34. The van der Waals surface area contributed by atoms with Crippen molar-refractivity contribution in [1.82, 2.24) is 29.7 Å². The van der Waals surface area contributed by atoms with Gasteiger partial charge in [0.05, 0.1) is 11.6 Å². The first-order valence-electron chi connectivity index (χ1n) is 7.34. The highest BCUT2D eigenvalue weighted by Crippen LogP contribution is 2.25. The van der Waals surface area contributed by atoms with Crippen molar-refractivity contribution in [2.45, 2.75) is 25.3 Å². The van der Waals surface area contributed by atoms with Gasteiger partial charge in [-0.2, -0.15) is 0 Å². The molecule has 1 atom stereocenters. The third-order valence-electron chi connectivity index (χ3n) is 4.05. The van der Waals surface area contributed by atoms with E-state index >= 15 is 0 Å². The summed E-state index contributed by atoms with van der Waals surface area (Å²) in [6.45, 7) is 2.48. The molecule has 1 fully saturated rings. The Bertz CT molecular complexity index is 821. The van der Waals surface area contributed by atoms with E-state index in [-0.39, 0.29) is 11.5 Å². The molecule has 1 aliphatic heterocycles. The highest BCUT2D eigenvalue weighted by atomic mass is 16.4. The molecule has 4 heterocycles. The molecule has 0 saturated carbocycles. The van der Waals surface area contributed by atoms with Gasteiger partial charge < -0.3 is 4.42 Å². The van der Waals surface area contributed by atoms with Crippen LogP contribution < -0.4 is 5.56 Å². The fourth-order valence-electron chi connectivity index (χ4n) is 3.05. The van der Waals surface area contributed by atoms with Crippen molar-refractivity contribution in [2.75, 3.05) is 13.1 Å². The molecule has 1 unspecified atom stereocenters. The van der Waals surface area contributed by atoms with Crippen molar-refractivity contribution in [2.24, 2.45) is 0 Å². The highest BCUT2D eigenvalue weighted by molar-refractivity contribution is 5.36. The summed E-state index contributed by atoms with van der Waals surface area (Å²) in [5.74, 6) is 0.951. The Kier molecular flexibility index (Phi) is 3.23. The van der Waals surface area contributed by atoms with E-state index in [1.165, 1.54) is 10.9 Å². The molecule has 114 valence electrons. The first-order chi connectivity index (χ1) is 10.8. The number of nitrogens with one attached hydrogen (secondary N) is 1. The number of aromatic amines is 1. The second-order valence-corrected chi connectivity index (χ2v) is 5.59. The predicted octanol–water partition coefficient (Wildman–Crippen LogP) is 0.785. The molecule has 0 amide bonds. The number of rotatable bonds is 3. The molecule has 22 heavy (non-hydrogen) atoms. The van der Waals surface area contributed by atoms with Crippen molar-refractivity contribution in [1.29, 1.82) is 0 Å². The molecule has 0 bridgehead atoms. The lowest BCUT2D eigenvalue weighted by Gasteiger charge is -2.30. The van der Waals surface area contributed by atoms with Gasteiger partial charge in [0, 0.05) is 31.4 Å². The Morgan fingerprint density at radius 2 is 2.41 bits per heavy atom. The molecule has 1 aliphatic rings. The summed E-state index contributed by atoms with van der Waals surface area (Å²) >= 11 is 0. The molecule has 4 rings (SSSR count). The zero-order valence-corrected chi connectivity index (χ0v) is 12.0. The van der Waals surface area contributed by atoms with Gasteiger partial charge in [0.1, 0.15) is 0 Å². The van der Waals surface area contributed by atoms with Crippen LogP contribution in [0.15, 0.2) is 33.9 Å². The van der Waals surface area contributed by atoms with E-state index in [9.17, 15) is 4.79 Å². The van der Waals surface area contributed by atoms with Crippen LogP contribution in [0.4, 0.5) is 0 Å². The number of H-pyrrole nitrogens is 1. The Hall–Kier alpha value is -2.48. The summed E-state index contributed by atoms with van der Waals surface area (Å²) in [6, 6.07) is 3.38. The second kappa shape index (κ2) is 5.38. The van der Waals surface area contributed by atoms with E-state index in [0.717, 1.165) is 31.6 Å². The van der Waals surface area contributed by atoms with Crippen LogP contribution in [0.25, 0.3) is 5.65 Å². The number of fused-ring (bicyclic) bond motifs is 1. The predicted molar refractivity (Wildman–Crippen MR) is 77.4 cm³/mol. The van der Waals surface area contributed by atoms with Gasteiger partial charge in [-0.15, -0.1) is 10.2 Å². The Balaban J connectivity index is 1.53. The number of hydrogen-bond donors (Lipinski definition) is 1. The number of aromatic nitrogens is 5. The zero-order chi connectivity index (χ0) is 14.9. The van der Waals surface area contributed by atoms with E-state index in [0.29, 0.717) is 18.1 Å². The summed E-state index contributed by atoms with van der Waals surface area (Å²) in [6.07, 6.45) is 5.20. The maximum atomic E-state index is 12.0. The quantitative estimate of drug-likeness (QED) is 0.768. The fraction of sp³-hybridized carbons (Fsp3) is 0.429. The van der Waals surface area contributed by atoms with E-state index in [1.54, 1.807) is 18.3 Å². The smallest absolute Gasteiger partial charge is 0.272 e. The molecule has 8 nitrogen and oxygen atoms in total. The van der Waals surface area contributed by atoms with Crippen LogP contribution in [-0.2, 0) is 6.54 Å². The summed E-state index contributed by atoms with van der Waals surface area (Å²) in [4.78, 5) is 18.8. The van der Waals surface area contributed by atoms with Gasteiger partial charge >= 0.3 is 0 Å². The number of likely N-dealkylation sites (tertiary alicyclic amines) is 1. The number of nitrogens with zero attached hydrogens (tertiary/aromatic N) is 5. The number of piperidine rings is 1. The molecule has 3 aromatic rings. The molecule has 0 spiro atoms. The van der Waals surface area contributed by atoms with Crippen LogP contribution in [0.3, 0.4) is 0 Å². The summed E-state index contributed by atoms with van der Waals surface area (Å²) in [5, 5.41) is 10.6. The van der Waals surface area contributed by atoms with Crippen LogP contribution in [0.1, 0.15) is 30.3 Å². The minimum absolute atomic E-state index is 0.0875. The fourth-order valence-corrected chi connectivity index (χ4v) is 3.05. The summed E-state index contributed by atoms with van der Waals surface area (Å²) in [7, 11) is 0. The minimum Gasteiger partial charge on any atom is -0.428 e.